The summed E-state index contributed by atoms with van der Waals surface area (Å²) in [5.74, 6) is 0.804. The highest BCUT2D eigenvalue weighted by atomic mass is 16.7. The zero-order valence-electron chi connectivity index (χ0n) is 12.5. The van der Waals surface area contributed by atoms with Gasteiger partial charge in [0.05, 0.1) is 6.26 Å². The first-order chi connectivity index (χ1) is 11.1. The third-order valence-electron chi connectivity index (χ3n) is 3.39. The summed E-state index contributed by atoms with van der Waals surface area (Å²) in [6.07, 6.45) is 1.40. The van der Waals surface area contributed by atoms with Crippen molar-refractivity contribution in [1.29, 1.82) is 0 Å². The molecule has 0 radical (unpaired) electrons. The number of rotatable bonds is 5. The van der Waals surface area contributed by atoms with Gasteiger partial charge < -0.3 is 24.5 Å². The normalized spacial score (nSPS) is 13.4. The molecule has 1 aromatic heterocycles. The van der Waals surface area contributed by atoms with Gasteiger partial charge in [-0.25, -0.2) is 0 Å². The molecular formula is C16H16N2O5. The first kappa shape index (κ1) is 15.0. The van der Waals surface area contributed by atoms with Gasteiger partial charge in [0.1, 0.15) is 6.04 Å². The Morgan fingerprint density at radius 2 is 2.04 bits per heavy atom. The number of amides is 2. The van der Waals surface area contributed by atoms with Gasteiger partial charge in [0, 0.05) is 6.54 Å². The molecule has 0 bridgehead atoms. The highest BCUT2D eigenvalue weighted by Gasteiger charge is 2.18. The molecule has 0 spiro atoms. The van der Waals surface area contributed by atoms with Crippen LogP contribution in [0.1, 0.15) is 23.0 Å². The molecular weight excluding hydrogens is 300 g/mol. The average molecular weight is 316 g/mol. The molecule has 0 saturated carbocycles. The van der Waals surface area contributed by atoms with Crippen LogP contribution < -0.4 is 20.1 Å². The van der Waals surface area contributed by atoms with Crippen molar-refractivity contribution < 1.29 is 23.5 Å². The fourth-order valence-electron chi connectivity index (χ4n) is 2.13. The maximum Gasteiger partial charge on any atom is 0.287 e. The Labute approximate surface area is 132 Å². The summed E-state index contributed by atoms with van der Waals surface area (Å²) >= 11 is 0. The zero-order chi connectivity index (χ0) is 16.2. The molecule has 0 aliphatic carbocycles. The molecule has 3 rings (SSSR count). The van der Waals surface area contributed by atoms with Crippen LogP contribution in [0.2, 0.25) is 0 Å². The number of carbonyl (C=O) groups excluding carboxylic acids is 2. The van der Waals surface area contributed by atoms with Gasteiger partial charge in [-0.15, -0.1) is 0 Å². The summed E-state index contributed by atoms with van der Waals surface area (Å²) in [7, 11) is 0. The molecule has 1 aliphatic rings. The molecule has 1 aromatic carbocycles. The van der Waals surface area contributed by atoms with E-state index in [9.17, 15) is 9.59 Å². The Kier molecular flexibility index (Phi) is 4.18. The quantitative estimate of drug-likeness (QED) is 0.871. The molecule has 2 N–H and O–H groups in total. The molecule has 0 saturated heterocycles. The second-order valence-corrected chi connectivity index (χ2v) is 5.08. The van der Waals surface area contributed by atoms with E-state index in [1.807, 2.05) is 12.1 Å². The van der Waals surface area contributed by atoms with E-state index in [4.69, 9.17) is 13.9 Å². The van der Waals surface area contributed by atoms with Crippen LogP contribution in [-0.2, 0) is 11.3 Å². The van der Waals surface area contributed by atoms with Gasteiger partial charge in [-0.2, -0.15) is 0 Å². The smallest absolute Gasteiger partial charge is 0.287 e. The van der Waals surface area contributed by atoms with Gasteiger partial charge in [-0.05, 0) is 36.8 Å². The van der Waals surface area contributed by atoms with E-state index in [1.54, 1.807) is 19.1 Å². The summed E-state index contributed by atoms with van der Waals surface area (Å²) < 4.78 is 15.5. The molecule has 0 unspecified atom stereocenters. The van der Waals surface area contributed by atoms with Crippen LogP contribution in [0.15, 0.2) is 41.0 Å². The number of benzene rings is 1. The third-order valence-corrected chi connectivity index (χ3v) is 3.39. The average Bonchev–Trinajstić information content (AvgIpc) is 3.22. The van der Waals surface area contributed by atoms with Crippen molar-refractivity contribution in [2.45, 2.75) is 19.5 Å². The summed E-state index contributed by atoms with van der Waals surface area (Å²) in [6, 6.07) is 7.92. The van der Waals surface area contributed by atoms with Gasteiger partial charge in [0.25, 0.3) is 5.91 Å². The van der Waals surface area contributed by atoms with Crippen molar-refractivity contribution in [3.8, 4) is 11.5 Å². The predicted octanol–water partition coefficient (Wildman–Crippen LogP) is 1.44. The number of fused-ring (bicyclic) bond motifs is 1. The second kappa shape index (κ2) is 6.43. The lowest BCUT2D eigenvalue weighted by Gasteiger charge is -2.13. The number of carbonyl (C=O) groups is 2. The molecule has 0 fully saturated rings. The molecule has 2 amide bonds. The van der Waals surface area contributed by atoms with Crippen molar-refractivity contribution in [1.82, 2.24) is 10.6 Å². The summed E-state index contributed by atoms with van der Waals surface area (Å²) in [5.41, 5.74) is 0.882. The number of hydrogen-bond donors (Lipinski definition) is 2. The zero-order valence-corrected chi connectivity index (χ0v) is 12.5. The molecule has 1 atom stereocenters. The molecule has 2 heterocycles. The number of hydrogen-bond acceptors (Lipinski definition) is 5. The number of furan rings is 1. The lowest BCUT2D eigenvalue weighted by atomic mass is 10.2. The van der Waals surface area contributed by atoms with E-state index < -0.39 is 11.9 Å². The summed E-state index contributed by atoms with van der Waals surface area (Å²) in [5, 5.41) is 5.33. The van der Waals surface area contributed by atoms with Crippen LogP contribution in [0.5, 0.6) is 11.5 Å². The van der Waals surface area contributed by atoms with Gasteiger partial charge in [-0.3, -0.25) is 9.59 Å². The first-order valence-electron chi connectivity index (χ1n) is 7.14. The van der Waals surface area contributed by atoms with E-state index in [1.165, 1.54) is 12.3 Å². The molecule has 1 aliphatic heterocycles. The third kappa shape index (κ3) is 3.45. The Morgan fingerprint density at radius 3 is 2.83 bits per heavy atom. The van der Waals surface area contributed by atoms with Crippen LogP contribution in [-0.4, -0.2) is 24.6 Å². The van der Waals surface area contributed by atoms with Crippen molar-refractivity contribution in [2.75, 3.05) is 6.79 Å². The fraction of sp³-hybridized carbons (Fsp3) is 0.250. The van der Waals surface area contributed by atoms with Crippen molar-refractivity contribution in [3.63, 3.8) is 0 Å². The fourth-order valence-corrected chi connectivity index (χ4v) is 2.13. The Hall–Kier alpha value is -2.96. The first-order valence-corrected chi connectivity index (χ1v) is 7.14. The Balaban J connectivity index is 1.51. The Morgan fingerprint density at radius 1 is 1.22 bits per heavy atom. The van der Waals surface area contributed by atoms with Crippen molar-refractivity contribution >= 4 is 11.8 Å². The van der Waals surface area contributed by atoms with E-state index in [0.717, 1.165) is 5.56 Å². The van der Waals surface area contributed by atoms with Crippen LogP contribution >= 0.6 is 0 Å². The number of ether oxygens (including phenoxy) is 2. The van der Waals surface area contributed by atoms with E-state index in [0.29, 0.717) is 18.0 Å². The topological polar surface area (TPSA) is 89.8 Å². The van der Waals surface area contributed by atoms with Crippen LogP contribution in [0.4, 0.5) is 0 Å². The molecule has 7 nitrogen and oxygen atoms in total. The van der Waals surface area contributed by atoms with Crippen molar-refractivity contribution in [2.24, 2.45) is 0 Å². The lowest BCUT2D eigenvalue weighted by Crippen LogP contribution is -2.44. The summed E-state index contributed by atoms with van der Waals surface area (Å²) in [6.45, 7) is 2.15. The molecule has 120 valence electrons. The minimum atomic E-state index is -0.679. The van der Waals surface area contributed by atoms with Gasteiger partial charge in [-0.1, -0.05) is 6.07 Å². The van der Waals surface area contributed by atoms with Crippen LogP contribution in [0.25, 0.3) is 0 Å². The monoisotopic (exact) mass is 316 g/mol. The SMILES string of the molecule is C[C@H](NC(=O)c1ccco1)C(=O)NCc1ccc2c(c1)OCO2. The van der Waals surface area contributed by atoms with E-state index in [-0.39, 0.29) is 18.5 Å². The van der Waals surface area contributed by atoms with Crippen molar-refractivity contribution in [3.05, 3.63) is 47.9 Å². The predicted molar refractivity (Wildman–Crippen MR) is 80.0 cm³/mol. The van der Waals surface area contributed by atoms with Crippen LogP contribution in [0, 0.1) is 0 Å². The highest BCUT2D eigenvalue weighted by Crippen LogP contribution is 2.32. The minimum absolute atomic E-state index is 0.167. The molecule has 23 heavy (non-hydrogen) atoms. The van der Waals surface area contributed by atoms with Gasteiger partial charge >= 0.3 is 0 Å². The Bertz CT molecular complexity index is 711. The van der Waals surface area contributed by atoms with Gasteiger partial charge in [0.15, 0.2) is 17.3 Å². The second-order valence-electron chi connectivity index (χ2n) is 5.08. The van der Waals surface area contributed by atoms with Gasteiger partial charge in [0.2, 0.25) is 12.7 Å². The standard InChI is InChI=1S/C16H16N2O5/c1-10(18-16(20)13-3-2-6-21-13)15(19)17-8-11-4-5-12-14(7-11)23-9-22-12/h2-7,10H,8-9H2,1H3,(H,17,19)(H,18,20)/t10-/m0/s1. The minimum Gasteiger partial charge on any atom is -0.459 e. The maximum absolute atomic E-state index is 12.0. The summed E-state index contributed by atoms with van der Waals surface area (Å²) in [4.78, 5) is 23.9. The van der Waals surface area contributed by atoms with E-state index >= 15 is 0 Å². The maximum atomic E-state index is 12.0. The van der Waals surface area contributed by atoms with E-state index in [2.05, 4.69) is 10.6 Å². The largest absolute Gasteiger partial charge is 0.459 e. The molecule has 2 aromatic rings. The molecule has 7 heteroatoms. The number of nitrogens with one attached hydrogen (secondary N) is 2. The lowest BCUT2D eigenvalue weighted by molar-refractivity contribution is -0.122. The van der Waals surface area contributed by atoms with Crippen LogP contribution in [0.3, 0.4) is 0 Å². The highest BCUT2D eigenvalue weighted by molar-refractivity contribution is 5.95.